The molecule has 2 N–H and O–H groups in total. The van der Waals surface area contributed by atoms with Crippen molar-refractivity contribution in [2.45, 2.75) is 51.6 Å². The van der Waals surface area contributed by atoms with Crippen molar-refractivity contribution in [1.82, 2.24) is 10.2 Å². The average Bonchev–Trinajstić information content (AvgIpc) is 2.97. The maximum atomic E-state index is 12.2. The molecule has 0 radical (unpaired) electrons. The Balaban J connectivity index is 2.01. The Morgan fingerprint density at radius 2 is 2.00 bits per heavy atom. The first-order chi connectivity index (χ1) is 8.95. The van der Waals surface area contributed by atoms with Crippen LogP contribution in [0.2, 0.25) is 0 Å². The highest BCUT2D eigenvalue weighted by Crippen LogP contribution is 2.48. The summed E-state index contributed by atoms with van der Waals surface area (Å²) in [5, 5.41) is 12.3. The van der Waals surface area contributed by atoms with Crippen molar-refractivity contribution in [3.05, 3.63) is 0 Å². The predicted molar refractivity (Wildman–Crippen MR) is 71.8 cm³/mol. The van der Waals surface area contributed by atoms with Gasteiger partial charge in [0.15, 0.2) is 0 Å². The Bertz CT molecular complexity index is 372. The molecule has 0 aliphatic heterocycles. The molecule has 0 saturated heterocycles. The zero-order chi connectivity index (χ0) is 14.2. The number of hydrogen-bond donors (Lipinski definition) is 2. The van der Waals surface area contributed by atoms with Gasteiger partial charge in [0.1, 0.15) is 0 Å². The van der Waals surface area contributed by atoms with Gasteiger partial charge in [-0.25, -0.2) is 4.79 Å². The summed E-state index contributed by atoms with van der Waals surface area (Å²) in [4.78, 5) is 25.2. The summed E-state index contributed by atoms with van der Waals surface area (Å²) in [5.74, 6) is -0.557. The molecule has 0 spiro atoms. The third-order valence-corrected chi connectivity index (χ3v) is 5.06. The number of amides is 2. The van der Waals surface area contributed by atoms with E-state index in [1.165, 1.54) is 0 Å². The number of hydrogen-bond acceptors (Lipinski definition) is 2. The van der Waals surface area contributed by atoms with Gasteiger partial charge in [0, 0.05) is 19.1 Å². The minimum Gasteiger partial charge on any atom is -0.481 e. The lowest BCUT2D eigenvalue weighted by Crippen LogP contribution is -2.52. The molecule has 5 nitrogen and oxygen atoms in total. The lowest BCUT2D eigenvalue weighted by molar-refractivity contribution is -0.144. The van der Waals surface area contributed by atoms with E-state index in [2.05, 4.69) is 5.32 Å². The zero-order valence-corrected chi connectivity index (χ0v) is 11.9. The van der Waals surface area contributed by atoms with Gasteiger partial charge in [0.2, 0.25) is 0 Å². The third-order valence-electron chi connectivity index (χ3n) is 5.06. The quantitative estimate of drug-likeness (QED) is 0.818. The van der Waals surface area contributed by atoms with E-state index in [1.807, 2.05) is 13.8 Å². The second kappa shape index (κ2) is 5.39. The summed E-state index contributed by atoms with van der Waals surface area (Å²) in [5.41, 5.74) is 0. The van der Waals surface area contributed by atoms with E-state index in [9.17, 15) is 14.7 Å². The SMILES string of the molecule is CCC(C)N(C)C(=O)NC1C2CCC(C2)C1C(=O)O. The van der Waals surface area contributed by atoms with Crippen molar-refractivity contribution in [3.63, 3.8) is 0 Å². The first-order valence-corrected chi connectivity index (χ1v) is 7.21. The summed E-state index contributed by atoms with van der Waals surface area (Å²) >= 11 is 0. The number of aliphatic carboxylic acids is 1. The Morgan fingerprint density at radius 3 is 2.58 bits per heavy atom. The first kappa shape index (κ1) is 14.2. The maximum absolute atomic E-state index is 12.2. The fourth-order valence-corrected chi connectivity index (χ4v) is 3.57. The van der Waals surface area contributed by atoms with Gasteiger partial charge in [-0.2, -0.15) is 0 Å². The molecule has 2 aliphatic carbocycles. The number of nitrogens with one attached hydrogen (secondary N) is 1. The van der Waals surface area contributed by atoms with E-state index >= 15 is 0 Å². The highest BCUT2D eigenvalue weighted by molar-refractivity contribution is 5.77. The molecule has 5 unspecified atom stereocenters. The number of carbonyl (C=O) groups is 2. The van der Waals surface area contributed by atoms with Gasteiger partial charge in [0.05, 0.1) is 5.92 Å². The molecule has 19 heavy (non-hydrogen) atoms. The molecule has 0 heterocycles. The van der Waals surface area contributed by atoms with E-state index in [1.54, 1.807) is 11.9 Å². The second-order valence-corrected chi connectivity index (χ2v) is 6.04. The number of carbonyl (C=O) groups excluding carboxylic acids is 1. The smallest absolute Gasteiger partial charge is 0.317 e. The van der Waals surface area contributed by atoms with Crippen LogP contribution in [0, 0.1) is 17.8 Å². The molecule has 0 aromatic carbocycles. The summed E-state index contributed by atoms with van der Waals surface area (Å²) in [6.07, 6.45) is 3.89. The molecule has 2 saturated carbocycles. The van der Waals surface area contributed by atoms with E-state index in [0.29, 0.717) is 5.92 Å². The number of carboxylic acids is 1. The van der Waals surface area contributed by atoms with E-state index < -0.39 is 11.9 Å². The highest BCUT2D eigenvalue weighted by Gasteiger charge is 2.51. The van der Waals surface area contributed by atoms with Crippen molar-refractivity contribution in [2.75, 3.05) is 7.05 Å². The Kier molecular flexibility index (Phi) is 4.02. The van der Waals surface area contributed by atoms with Crippen molar-refractivity contribution in [2.24, 2.45) is 17.8 Å². The summed E-state index contributed by atoms with van der Waals surface area (Å²) in [7, 11) is 1.77. The maximum Gasteiger partial charge on any atom is 0.317 e. The Labute approximate surface area is 114 Å². The first-order valence-electron chi connectivity index (χ1n) is 7.21. The Morgan fingerprint density at radius 1 is 1.37 bits per heavy atom. The van der Waals surface area contributed by atoms with Crippen LogP contribution in [0.1, 0.15) is 39.5 Å². The van der Waals surface area contributed by atoms with E-state index in [4.69, 9.17) is 0 Å². The van der Waals surface area contributed by atoms with Gasteiger partial charge in [0.25, 0.3) is 0 Å². The van der Waals surface area contributed by atoms with E-state index in [0.717, 1.165) is 25.7 Å². The molecule has 2 aliphatic rings. The van der Waals surface area contributed by atoms with Gasteiger partial charge in [-0.1, -0.05) is 6.92 Å². The lowest BCUT2D eigenvalue weighted by Gasteiger charge is -2.32. The third kappa shape index (κ3) is 2.55. The van der Waals surface area contributed by atoms with Crippen molar-refractivity contribution in [1.29, 1.82) is 0 Å². The molecular formula is C14H24N2O3. The molecule has 0 aromatic heterocycles. The van der Waals surface area contributed by atoms with Crippen molar-refractivity contribution in [3.8, 4) is 0 Å². The number of nitrogens with zero attached hydrogens (tertiary/aromatic N) is 1. The summed E-state index contributed by atoms with van der Waals surface area (Å²) in [6.45, 7) is 4.03. The fourth-order valence-electron chi connectivity index (χ4n) is 3.57. The highest BCUT2D eigenvalue weighted by atomic mass is 16.4. The van der Waals surface area contributed by atoms with Crippen molar-refractivity contribution < 1.29 is 14.7 Å². The average molecular weight is 268 g/mol. The molecule has 2 amide bonds. The Hall–Kier alpha value is -1.26. The topological polar surface area (TPSA) is 69.6 Å². The number of carboxylic acid groups (broad SMARTS) is 1. The van der Waals surface area contributed by atoms with Gasteiger partial charge >= 0.3 is 12.0 Å². The molecule has 5 atom stereocenters. The summed E-state index contributed by atoms with van der Waals surface area (Å²) in [6, 6.07) is -0.157. The largest absolute Gasteiger partial charge is 0.481 e. The monoisotopic (exact) mass is 268 g/mol. The van der Waals surface area contributed by atoms with Gasteiger partial charge in [-0.15, -0.1) is 0 Å². The zero-order valence-electron chi connectivity index (χ0n) is 11.9. The fraction of sp³-hybridized carbons (Fsp3) is 0.857. The van der Waals surface area contributed by atoms with Crippen LogP contribution in [-0.4, -0.2) is 41.1 Å². The van der Waals surface area contributed by atoms with Crippen LogP contribution >= 0.6 is 0 Å². The molecule has 2 bridgehead atoms. The molecule has 5 heteroatoms. The minimum absolute atomic E-state index is 0.141. The molecule has 2 fully saturated rings. The van der Waals surface area contributed by atoms with Crippen LogP contribution in [0.25, 0.3) is 0 Å². The van der Waals surface area contributed by atoms with Crippen LogP contribution in [0.15, 0.2) is 0 Å². The van der Waals surface area contributed by atoms with E-state index in [-0.39, 0.29) is 24.0 Å². The predicted octanol–water partition coefficient (Wildman–Crippen LogP) is 1.93. The van der Waals surface area contributed by atoms with Crippen molar-refractivity contribution >= 4 is 12.0 Å². The molecule has 2 rings (SSSR count). The summed E-state index contributed by atoms with van der Waals surface area (Å²) < 4.78 is 0. The van der Waals surface area contributed by atoms with Gasteiger partial charge in [-0.3, -0.25) is 4.79 Å². The van der Waals surface area contributed by atoms with Crippen LogP contribution in [0.3, 0.4) is 0 Å². The second-order valence-electron chi connectivity index (χ2n) is 6.04. The van der Waals surface area contributed by atoms with Crippen LogP contribution < -0.4 is 5.32 Å². The normalized spacial score (nSPS) is 34.1. The van der Waals surface area contributed by atoms with Crippen LogP contribution in [0.5, 0.6) is 0 Å². The van der Waals surface area contributed by atoms with Gasteiger partial charge in [-0.05, 0) is 44.4 Å². The molecule has 108 valence electrons. The molecular weight excluding hydrogens is 244 g/mol. The van der Waals surface area contributed by atoms with Crippen LogP contribution in [-0.2, 0) is 4.79 Å². The lowest BCUT2D eigenvalue weighted by atomic mass is 9.84. The van der Waals surface area contributed by atoms with Gasteiger partial charge < -0.3 is 15.3 Å². The molecule has 0 aromatic rings. The standard InChI is InChI=1S/C14H24N2O3/c1-4-8(2)16(3)14(19)15-12-10-6-5-9(7-10)11(12)13(17)18/h8-12H,4-7H2,1-3H3,(H,15,19)(H,17,18). The number of rotatable bonds is 4. The van der Waals surface area contributed by atoms with Crippen LogP contribution in [0.4, 0.5) is 4.79 Å². The number of urea groups is 1. The number of fused-ring (bicyclic) bond motifs is 2. The minimum atomic E-state index is -0.760.